The van der Waals surface area contributed by atoms with Gasteiger partial charge in [0.05, 0.1) is 16.8 Å². The summed E-state index contributed by atoms with van der Waals surface area (Å²) in [4.78, 5) is 21.7. The zero-order valence-electron chi connectivity index (χ0n) is 13.2. The summed E-state index contributed by atoms with van der Waals surface area (Å²) < 4.78 is 0. The van der Waals surface area contributed by atoms with E-state index < -0.39 is 0 Å². The van der Waals surface area contributed by atoms with Gasteiger partial charge in [0.1, 0.15) is 11.1 Å². The molecule has 0 saturated carbocycles. The molecular weight excluding hydrogens is 340 g/mol. The van der Waals surface area contributed by atoms with E-state index in [0.29, 0.717) is 15.7 Å². The third-order valence-corrected chi connectivity index (χ3v) is 5.08. The Morgan fingerprint density at radius 2 is 2.21 bits per heavy atom. The number of carbonyl (C=O) groups is 1. The normalized spacial score (nSPS) is 10.5. The number of rotatable bonds is 4. The number of fused-ring (bicyclic) bond motifs is 1. The molecule has 0 saturated heterocycles. The molecule has 1 N–H and O–H groups in total. The Balaban J connectivity index is 1.75. The van der Waals surface area contributed by atoms with Gasteiger partial charge in [-0.15, -0.1) is 11.3 Å². The predicted molar refractivity (Wildman–Crippen MR) is 97.4 cm³/mol. The Morgan fingerprint density at radius 3 is 2.92 bits per heavy atom. The Hall–Kier alpha value is -2.43. The lowest BCUT2D eigenvalue weighted by atomic mass is 10.1. The van der Waals surface area contributed by atoms with E-state index >= 15 is 0 Å². The molecule has 1 amide bonds. The Bertz CT molecular complexity index is 959. The molecule has 24 heavy (non-hydrogen) atoms. The number of nitrogens with zero attached hydrogens (tertiary/aromatic N) is 3. The van der Waals surface area contributed by atoms with Crippen LogP contribution in [0.25, 0.3) is 10.9 Å². The van der Waals surface area contributed by atoms with Gasteiger partial charge in [-0.1, -0.05) is 23.4 Å². The maximum atomic E-state index is 12.0. The van der Waals surface area contributed by atoms with Gasteiger partial charge < -0.3 is 5.32 Å². The molecule has 0 aliphatic heterocycles. The van der Waals surface area contributed by atoms with Crippen LogP contribution in [0.4, 0.5) is 5.13 Å². The van der Waals surface area contributed by atoms with Crippen molar-refractivity contribution in [1.29, 1.82) is 5.26 Å². The van der Waals surface area contributed by atoms with E-state index in [4.69, 9.17) is 0 Å². The maximum absolute atomic E-state index is 12.0. The van der Waals surface area contributed by atoms with Gasteiger partial charge in [-0.2, -0.15) is 5.26 Å². The summed E-state index contributed by atoms with van der Waals surface area (Å²) in [5, 5.41) is 14.2. The number of anilines is 1. The van der Waals surface area contributed by atoms with Crippen molar-refractivity contribution in [3.63, 3.8) is 0 Å². The first-order valence-electron chi connectivity index (χ1n) is 7.22. The molecular formula is C17H14N4OS2. The van der Waals surface area contributed by atoms with Crippen LogP contribution in [0.1, 0.15) is 16.0 Å². The van der Waals surface area contributed by atoms with Gasteiger partial charge in [0.2, 0.25) is 5.91 Å². The van der Waals surface area contributed by atoms with Crippen LogP contribution < -0.4 is 5.32 Å². The summed E-state index contributed by atoms with van der Waals surface area (Å²) in [6, 6.07) is 9.88. The average Bonchev–Trinajstić information content (AvgIpc) is 2.96. The van der Waals surface area contributed by atoms with Crippen molar-refractivity contribution in [2.75, 3.05) is 11.1 Å². The number of hydrogen-bond donors (Lipinski definition) is 1. The lowest BCUT2D eigenvalue weighted by molar-refractivity contribution is -0.113. The summed E-state index contributed by atoms with van der Waals surface area (Å²) in [5.74, 6) is 0.0153. The van der Waals surface area contributed by atoms with Crippen molar-refractivity contribution in [3.05, 3.63) is 46.5 Å². The van der Waals surface area contributed by atoms with Crippen molar-refractivity contribution < 1.29 is 4.79 Å². The number of amides is 1. The molecule has 120 valence electrons. The van der Waals surface area contributed by atoms with E-state index in [1.165, 1.54) is 23.1 Å². The average molecular weight is 354 g/mol. The zero-order chi connectivity index (χ0) is 17.1. The number of aryl methyl sites for hydroxylation is 2. The van der Waals surface area contributed by atoms with Gasteiger partial charge in [-0.3, -0.25) is 4.79 Å². The third kappa shape index (κ3) is 3.72. The summed E-state index contributed by atoms with van der Waals surface area (Å²) >= 11 is 2.68. The highest BCUT2D eigenvalue weighted by atomic mass is 32.2. The van der Waals surface area contributed by atoms with Crippen LogP contribution in [-0.2, 0) is 4.79 Å². The minimum absolute atomic E-state index is 0.163. The number of benzene rings is 1. The van der Waals surface area contributed by atoms with Crippen molar-refractivity contribution >= 4 is 45.0 Å². The second-order valence-corrected chi connectivity index (χ2v) is 7.46. The third-order valence-electron chi connectivity index (χ3n) is 3.26. The van der Waals surface area contributed by atoms with Gasteiger partial charge in [-0.05, 0) is 32.0 Å². The first kappa shape index (κ1) is 16.4. The standard InChI is InChI=1S/C17H14N4OS2/c1-10-3-4-14-12(5-10)6-13(7-18)16(20-14)23-9-15(22)21-17-19-8-11(2)24-17/h3-6,8H,9H2,1-2H3,(H,19,21,22). The number of nitriles is 1. The van der Waals surface area contributed by atoms with Crippen molar-refractivity contribution in [3.8, 4) is 6.07 Å². The first-order chi connectivity index (χ1) is 11.5. The maximum Gasteiger partial charge on any atom is 0.236 e. The van der Waals surface area contributed by atoms with Crippen LogP contribution >= 0.6 is 23.1 Å². The molecule has 2 heterocycles. The summed E-state index contributed by atoms with van der Waals surface area (Å²) in [6.45, 7) is 3.93. The molecule has 3 aromatic rings. The molecule has 1 aromatic carbocycles. The van der Waals surface area contributed by atoms with E-state index in [1.807, 2.05) is 38.1 Å². The van der Waals surface area contributed by atoms with Gasteiger partial charge in [0.25, 0.3) is 0 Å². The van der Waals surface area contributed by atoms with Gasteiger partial charge in [0.15, 0.2) is 5.13 Å². The minimum Gasteiger partial charge on any atom is -0.301 e. The molecule has 2 aromatic heterocycles. The number of hydrogen-bond acceptors (Lipinski definition) is 6. The van der Waals surface area contributed by atoms with Crippen LogP contribution in [0.15, 0.2) is 35.5 Å². The minimum atomic E-state index is -0.163. The highest BCUT2D eigenvalue weighted by Crippen LogP contribution is 2.25. The Labute approximate surface area is 147 Å². The molecule has 0 fully saturated rings. The number of pyridine rings is 1. The summed E-state index contributed by atoms with van der Waals surface area (Å²) in [5.41, 5.74) is 2.42. The molecule has 0 bridgehead atoms. The van der Waals surface area contributed by atoms with Crippen LogP contribution in [0.3, 0.4) is 0 Å². The number of thioether (sulfide) groups is 1. The molecule has 7 heteroatoms. The SMILES string of the molecule is Cc1ccc2nc(SCC(=O)Nc3ncc(C)s3)c(C#N)cc2c1. The predicted octanol–water partition coefficient (Wildman–Crippen LogP) is 3.91. The Morgan fingerprint density at radius 1 is 1.38 bits per heavy atom. The highest BCUT2D eigenvalue weighted by Gasteiger charge is 2.11. The highest BCUT2D eigenvalue weighted by molar-refractivity contribution is 8.00. The molecule has 0 atom stereocenters. The molecule has 0 spiro atoms. The number of nitrogens with one attached hydrogen (secondary N) is 1. The number of carbonyl (C=O) groups excluding carboxylic acids is 1. The number of aromatic nitrogens is 2. The molecule has 0 aliphatic rings. The topological polar surface area (TPSA) is 78.7 Å². The van der Waals surface area contributed by atoms with E-state index in [0.717, 1.165) is 21.3 Å². The second-order valence-electron chi connectivity index (χ2n) is 5.26. The van der Waals surface area contributed by atoms with Crippen LogP contribution in [0.2, 0.25) is 0 Å². The van der Waals surface area contributed by atoms with Gasteiger partial charge in [0, 0.05) is 16.5 Å². The van der Waals surface area contributed by atoms with Crippen molar-refractivity contribution in [1.82, 2.24) is 9.97 Å². The quantitative estimate of drug-likeness (QED) is 0.719. The fraction of sp³-hybridized carbons (Fsp3) is 0.176. The first-order valence-corrected chi connectivity index (χ1v) is 9.02. The van der Waals surface area contributed by atoms with Crippen molar-refractivity contribution in [2.45, 2.75) is 18.9 Å². The van der Waals surface area contributed by atoms with Gasteiger partial charge in [-0.25, -0.2) is 9.97 Å². The Kier molecular flexibility index (Phi) is 4.79. The van der Waals surface area contributed by atoms with Crippen LogP contribution in [0.5, 0.6) is 0 Å². The monoisotopic (exact) mass is 354 g/mol. The lowest BCUT2D eigenvalue weighted by Gasteiger charge is -2.06. The van der Waals surface area contributed by atoms with E-state index in [-0.39, 0.29) is 11.7 Å². The summed E-state index contributed by atoms with van der Waals surface area (Å²) in [7, 11) is 0. The number of thiazole rings is 1. The second kappa shape index (κ2) is 6.99. The van der Waals surface area contributed by atoms with Gasteiger partial charge >= 0.3 is 0 Å². The molecule has 0 aliphatic carbocycles. The molecule has 0 radical (unpaired) electrons. The zero-order valence-corrected chi connectivity index (χ0v) is 14.8. The fourth-order valence-corrected chi connectivity index (χ4v) is 3.61. The largest absolute Gasteiger partial charge is 0.301 e. The van der Waals surface area contributed by atoms with E-state index in [9.17, 15) is 10.1 Å². The molecule has 3 rings (SSSR count). The van der Waals surface area contributed by atoms with E-state index in [2.05, 4.69) is 21.4 Å². The van der Waals surface area contributed by atoms with Crippen LogP contribution in [-0.4, -0.2) is 21.6 Å². The lowest BCUT2D eigenvalue weighted by Crippen LogP contribution is -2.14. The molecule has 0 unspecified atom stereocenters. The molecule has 5 nitrogen and oxygen atoms in total. The van der Waals surface area contributed by atoms with Crippen molar-refractivity contribution in [2.24, 2.45) is 0 Å². The summed E-state index contributed by atoms with van der Waals surface area (Å²) in [6.07, 6.45) is 1.72. The van der Waals surface area contributed by atoms with Crippen LogP contribution in [0, 0.1) is 25.2 Å². The van der Waals surface area contributed by atoms with E-state index in [1.54, 1.807) is 6.20 Å². The smallest absolute Gasteiger partial charge is 0.236 e. The fourth-order valence-electron chi connectivity index (χ4n) is 2.17.